The van der Waals surface area contributed by atoms with Crippen LogP contribution in [0, 0.1) is 0 Å². The predicted octanol–water partition coefficient (Wildman–Crippen LogP) is 4.30. The van der Waals surface area contributed by atoms with Gasteiger partial charge in [-0.15, -0.1) is 0 Å². The Morgan fingerprint density at radius 1 is 1.17 bits per heavy atom. The first-order valence-electron chi connectivity index (χ1n) is 10.2. The predicted molar refractivity (Wildman–Crippen MR) is 127 cm³/mol. The van der Waals surface area contributed by atoms with E-state index in [0.717, 1.165) is 42.8 Å². The molecule has 1 heterocycles. The Bertz CT molecular complexity index is 941. The highest BCUT2D eigenvalue weighted by Gasteiger charge is 2.13. The minimum atomic E-state index is -0.197. The molecule has 2 aromatic carbocycles. The van der Waals surface area contributed by atoms with Crippen molar-refractivity contribution in [2.45, 2.75) is 25.8 Å². The molecule has 6 nitrogen and oxygen atoms in total. The maximum atomic E-state index is 12.7. The van der Waals surface area contributed by atoms with Gasteiger partial charge in [0.15, 0.2) is 0 Å². The molecule has 2 aromatic rings. The number of rotatable bonds is 7. The number of hydrogen-bond acceptors (Lipinski definition) is 5. The molecular formula is C24H29N5O. The molecule has 1 aliphatic heterocycles. The highest BCUT2D eigenvalue weighted by molar-refractivity contribution is 6.06. The smallest absolute Gasteiger partial charge is 0.255 e. The highest BCUT2D eigenvalue weighted by atomic mass is 16.1. The van der Waals surface area contributed by atoms with Gasteiger partial charge in [0.05, 0.1) is 11.4 Å². The number of nitrogens with one attached hydrogen (secondary N) is 3. The lowest BCUT2D eigenvalue weighted by molar-refractivity contribution is 0.102. The van der Waals surface area contributed by atoms with E-state index >= 15 is 0 Å². The third-order valence-corrected chi connectivity index (χ3v) is 5.16. The summed E-state index contributed by atoms with van der Waals surface area (Å²) in [6, 6.07) is 13.6. The Kier molecular flexibility index (Phi) is 7.40. The molecule has 0 radical (unpaired) electrons. The van der Waals surface area contributed by atoms with Gasteiger partial charge in [0, 0.05) is 23.5 Å². The van der Waals surface area contributed by atoms with Gasteiger partial charge < -0.3 is 21.7 Å². The summed E-state index contributed by atoms with van der Waals surface area (Å²) in [5.41, 5.74) is 10.7. The normalized spacial score (nSPS) is 15.2. The summed E-state index contributed by atoms with van der Waals surface area (Å²) in [6.45, 7) is 7.47. The Balaban J connectivity index is 1.69. The molecule has 1 saturated heterocycles. The van der Waals surface area contributed by atoms with Crippen LogP contribution in [0.2, 0.25) is 0 Å². The summed E-state index contributed by atoms with van der Waals surface area (Å²) >= 11 is 0. The van der Waals surface area contributed by atoms with Gasteiger partial charge in [0.1, 0.15) is 0 Å². The van der Waals surface area contributed by atoms with E-state index in [-0.39, 0.29) is 5.91 Å². The SMILES string of the molecule is C=N/C=C\C(=C/C)c1ccc(N)c(NC(=O)c2ccc(NC3CCNCC3)cc2)c1. The van der Waals surface area contributed by atoms with Gasteiger partial charge in [-0.3, -0.25) is 9.79 Å². The fraction of sp³-hybridized carbons (Fsp3) is 0.250. The third kappa shape index (κ3) is 5.58. The minimum absolute atomic E-state index is 0.197. The maximum Gasteiger partial charge on any atom is 0.255 e. The molecule has 1 fully saturated rings. The molecule has 6 heteroatoms. The first-order valence-corrected chi connectivity index (χ1v) is 10.2. The standard InChI is InChI=1S/C24H29N5O/c1-3-17(10-13-26-2)19-6-9-22(25)23(16-19)29-24(30)18-4-7-20(8-5-18)28-21-11-14-27-15-12-21/h3-10,13,16,21,27-28H,2,11-12,14-15,25H2,1H3,(H,29,30)/b13-10-,17-3+. The van der Waals surface area contributed by atoms with Crippen LogP contribution in [-0.4, -0.2) is 31.8 Å². The van der Waals surface area contributed by atoms with E-state index < -0.39 is 0 Å². The summed E-state index contributed by atoms with van der Waals surface area (Å²) in [4.78, 5) is 16.5. The molecule has 156 valence electrons. The molecule has 1 aliphatic rings. The Morgan fingerprint density at radius 3 is 2.53 bits per heavy atom. The molecule has 0 bridgehead atoms. The van der Waals surface area contributed by atoms with E-state index in [2.05, 4.69) is 27.7 Å². The second-order valence-corrected chi connectivity index (χ2v) is 7.24. The van der Waals surface area contributed by atoms with Crippen LogP contribution in [0.4, 0.5) is 17.1 Å². The lowest BCUT2D eigenvalue weighted by Gasteiger charge is -2.24. The zero-order chi connectivity index (χ0) is 21.3. The lowest BCUT2D eigenvalue weighted by Crippen LogP contribution is -2.35. The minimum Gasteiger partial charge on any atom is -0.397 e. The van der Waals surface area contributed by atoms with E-state index in [1.165, 1.54) is 0 Å². The van der Waals surface area contributed by atoms with Crippen LogP contribution < -0.4 is 21.7 Å². The van der Waals surface area contributed by atoms with Crippen molar-refractivity contribution >= 4 is 35.3 Å². The number of allylic oxidation sites excluding steroid dienone is 3. The summed E-state index contributed by atoms with van der Waals surface area (Å²) in [7, 11) is 0. The van der Waals surface area contributed by atoms with E-state index in [9.17, 15) is 4.79 Å². The first kappa shape index (κ1) is 21.3. The molecular weight excluding hydrogens is 374 g/mol. The summed E-state index contributed by atoms with van der Waals surface area (Å²) in [6.07, 6.45) is 7.66. The van der Waals surface area contributed by atoms with Crippen molar-refractivity contribution in [3.63, 3.8) is 0 Å². The van der Waals surface area contributed by atoms with E-state index in [0.29, 0.717) is 23.0 Å². The number of carbonyl (C=O) groups is 1. The molecule has 0 spiro atoms. The van der Waals surface area contributed by atoms with E-state index in [4.69, 9.17) is 5.73 Å². The number of piperidine rings is 1. The van der Waals surface area contributed by atoms with Crippen molar-refractivity contribution in [3.05, 3.63) is 71.9 Å². The number of aliphatic imine (C=N–C) groups is 1. The van der Waals surface area contributed by atoms with Crippen LogP contribution in [0.3, 0.4) is 0 Å². The molecule has 0 atom stereocenters. The quantitative estimate of drug-likeness (QED) is 0.315. The Morgan fingerprint density at radius 2 is 1.87 bits per heavy atom. The van der Waals surface area contributed by atoms with Gasteiger partial charge in [0.2, 0.25) is 0 Å². The number of amides is 1. The Hall–Kier alpha value is -3.38. The maximum absolute atomic E-state index is 12.7. The lowest BCUT2D eigenvalue weighted by atomic mass is 10.0. The molecule has 0 aromatic heterocycles. The molecule has 0 unspecified atom stereocenters. The van der Waals surface area contributed by atoms with Crippen LogP contribution in [0.25, 0.3) is 5.57 Å². The molecule has 3 rings (SSSR count). The van der Waals surface area contributed by atoms with Crippen molar-refractivity contribution in [1.29, 1.82) is 0 Å². The van der Waals surface area contributed by atoms with Crippen molar-refractivity contribution in [2.75, 3.05) is 29.5 Å². The van der Waals surface area contributed by atoms with Gasteiger partial charge in [-0.05, 0) is 93.2 Å². The fourth-order valence-electron chi connectivity index (χ4n) is 3.45. The second-order valence-electron chi connectivity index (χ2n) is 7.24. The summed E-state index contributed by atoms with van der Waals surface area (Å²) in [5, 5.41) is 9.81. The van der Waals surface area contributed by atoms with Gasteiger partial charge in [-0.2, -0.15) is 0 Å². The van der Waals surface area contributed by atoms with E-state index in [1.54, 1.807) is 12.3 Å². The number of nitrogens with zero attached hydrogens (tertiary/aromatic N) is 1. The number of carbonyl (C=O) groups excluding carboxylic acids is 1. The van der Waals surface area contributed by atoms with E-state index in [1.807, 2.05) is 55.5 Å². The summed E-state index contributed by atoms with van der Waals surface area (Å²) in [5.74, 6) is -0.197. The number of nitrogen functional groups attached to an aromatic ring is 1. The third-order valence-electron chi connectivity index (χ3n) is 5.16. The number of benzene rings is 2. The van der Waals surface area contributed by atoms with Gasteiger partial charge in [-0.25, -0.2) is 0 Å². The van der Waals surface area contributed by atoms with Crippen molar-refractivity contribution in [3.8, 4) is 0 Å². The van der Waals surface area contributed by atoms with Gasteiger partial charge in [0.25, 0.3) is 5.91 Å². The summed E-state index contributed by atoms with van der Waals surface area (Å²) < 4.78 is 0. The zero-order valence-corrected chi connectivity index (χ0v) is 17.3. The van der Waals surface area contributed by atoms with Crippen LogP contribution in [0.15, 0.2) is 65.8 Å². The monoisotopic (exact) mass is 403 g/mol. The van der Waals surface area contributed by atoms with Gasteiger partial charge in [-0.1, -0.05) is 12.1 Å². The molecule has 1 amide bonds. The zero-order valence-electron chi connectivity index (χ0n) is 17.3. The van der Waals surface area contributed by atoms with Crippen LogP contribution in [-0.2, 0) is 0 Å². The van der Waals surface area contributed by atoms with Crippen molar-refractivity contribution in [2.24, 2.45) is 4.99 Å². The van der Waals surface area contributed by atoms with Crippen LogP contribution >= 0.6 is 0 Å². The molecule has 0 saturated carbocycles. The largest absolute Gasteiger partial charge is 0.397 e. The van der Waals surface area contributed by atoms with Gasteiger partial charge >= 0.3 is 0 Å². The van der Waals surface area contributed by atoms with Crippen molar-refractivity contribution < 1.29 is 4.79 Å². The topological polar surface area (TPSA) is 91.5 Å². The van der Waals surface area contributed by atoms with Crippen LogP contribution in [0.5, 0.6) is 0 Å². The highest BCUT2D eigenvalue weighted by Crippen LogP contribution is 2.26. The number of anilines is 3. The second kappa shape index (κ2) is 10.4. The molecule has 5 N–H and O–H groups in total. The molecule has 30 heavy (non-hydrogen) atoms. The van der Waals surface area contributed by atoms with Crippen LogP contribution in [0.1, 0.15) is 35.7 Å². The number of nitrogens with two attached hydrogens (primary N) is 1. The van der Waals surface area contributed by atoms with Crippen molar-refractivity contribution in [1.82, 2.24) is 5.32 Å². The Labute approximate surface area is 178 Å². The first-order chi connectivity index (χ1) is 14.6. The fourth-order valence-corrected chi connectivity index (χ4v) is 3.45. The number of hydrogen-bond donors (Lipinski definition) is 4. The average molecular weight is 404 g/mol. The average Bonchev–Trinajstić information content (AvgIpc) is 2.77. The molecule has 0 aliphatic carbocycles.